The second-order valence-corrected chi connectivity index (χ2v) is 18.8. The molecule has 1 amide bonds. The third kappa shape index (κ3) is 7.21. The molecule has 3 heterocycles. The first-order valence-electron chi connectivity index (χ1n) is 15.4. The fraction of sp³-hybridized carbons (Fsp3) is 0.400. The van der Waals surface area contributed by atoms with Crippen LogP contribution >= 0.6 is 0 Å². The van der Waals surface area contributed by atoms with Gasteiger partial charge in [-0.2, -0.15) is 5.26 Å². The van der Waals surface area contributed by atoms with Gasteiger partial charge in [0.15, 0.2) is 0 Å². The molecule has 8 nitrogen and oxygen atoms in total. The summed E-state index contributed by atoms with van der Waals surface area (Å²) in [5.41, 5.74) is 7.12. The van der Waals surface area contributed by atoms with Gasteiger partial charge < -0.3 is 24.0 Å². The summed E-state index contributed by atoms with van der Waals surface area (Å²) >= 11 is 0. The van der Waals surface area contributed by atoms with Gasteiger partial charge in [0.2, 0.25) is 0 Å². The molecule has 1 aliphatic rings. The van der Waals surface area contributed by atoms with E-state index in [4.69, 9.17) is 9.72 Å². The number of amides is 1. The van der Waals surface area contributed by atoms with Crippen LogP contribution in [0.3, 0.4) is 0 Å². The van der Waals surface area contributed by atoms with Crippen LogP contribution in [0.4, 0.5) is 5.69 Å². The van der Waals surface area contributed by atoms with E-state index in [0.29, 0.717) is 17.9 Å². The van der Waals surface area contributed by atoms with E-state index >= 15 is 0 Å². The van der Waals surface area contributed by atoms with Crippen molar-refractivity contribution in [3.63, 3.8) is 0 Å². The molecule has 4 aromatic rings. The molecule has 44 heavy (non-hydrogen) atoms. The van der Waals surface area contributed by atoms with Gasteiger partial charge in [0, 0.05) is 82.9 Å². The normalized spacial score (nSPS) is 14.4. The fourth-order valence-electron chi connectivity index (χ4n) is 5.62. The number of hydrogen-bond donors (Lipinski definition) is 0. The average Bonchev–Trinajstić information content (AvgIpc) is 3.22. The highest BCUT2D eigenvalue weighted by Crippen LogP contribution is 2.34. The van der Waals surface area contributed by atoms with Crippen molar-refractivity contribution in [1.29, 1.82) is 5.26 Å². The number of likely N-dealkylation sites (N-methyl/N-ethyl adjacent to an activating group) is 1. The molecule has 230 valence electrons. The number of nitrogens with zero attached hydrogens (tertiary/aromatic N) is 6. The molecule has 0 atom stereocenters. The first-order chi connectivity index (χ1) is 21.0. The SMILES string of the molecule is CN1CCCN(c2ccc(-c3cnc4c(c3)c(-c3ccc(C(=O)N(C)C)cc3)cn4COCC[Si](C)(C)C)cc2C#N)CC1. The van der Waals surface area contributed by atoms with Crippen molar-refractivity contribution in [1.82, 2.24) is 19.4 Å². The Balaban J connectivity index is 1.51. The van der Waals surface area contributed by atoms with Crippen LogP contribution in [0, 0.1) is 11.3 Å². The topological polar surface area (TPSA) is 77.6 Å². The van der Waals surface area contributed by atoms with Crippen molar-refractivity contribution in [2.75, 3.05) is 58.8 Å². The molecule has 0 spiro atoms. The van der Waals surface area contributed by atoms with Crippen molar-refractivity contribution < 1.29 is 9.53 Å². The fourth-order valence-corrected chi connectivity index (χ4v) is 6.37. The number of pyridine rings is 1. The molecule has 1 saturated heterocycles. The van der Waals surface area contributed by atoms with Crippen LogP contribution in [0.1, 0.15) is 22.3 Å². The van der Waals surface area contributed by atoms with Crippen LogP contribution in [-0.2, 0) is 11.5 Å². The first-order valence-corrected chi connectivity index (χ1v) is 19.1. The van der Waals surface area contributed by atoms with Crippen LogP contribution in [0.5, 0.6) is 0 Å². The van der Waals surface area contributed by atoms with Gasteiger partial charge in [0.1, 0.15) is 18.4 Å². The Morgan fingerprint density at radius 2 is 1.75 bits per heavy atom. The van der Waals surface area contributed by atoms with E-state index in [1.165, 1.54) is 0 Å². The summed E-state index contributed by atoms with van der Waals surface area (Å²) in [5, 5.41) is 11.1. The molecule has 2 aromatic heterocycles. The lowest BCUT2D eigenvalue weighted by Crippen LogP contribution is -2.29. The molecule has 2 aromatic carbocycles. The molecule has 9 heteroatoms. The van der Waals surface area contributed by atoms with Gasteiger partial charge in [-0.3, -0.25) is 4.79 Å². The number of rotatable bonds is 9. The molecule has 0 N–H and O–H groups in total. The quantitative estimate of drug-likeness (QED) is 0.162. The number of carbonyl (C=O) groups excluding carboxylic acids is 1. The lowest BCUT2D eigenvalue weighted by molar-refractivity contribution is 0.0827. The number of nitriles is 1. The second kappa shape index (κ2) is 13.3. The Bertz CT molecular complexity index is 1670. The predicted octanol–water partition coefficient (Wildman–Crippen LogP) is 6.40. The molecule has 0 saturated carbocycles. The number of anilines is 1. The van der Waals surface area contributed by atoms with Crippen molar-refractivity contribution >= 4 is 30.7 Å². The molecule has 0 bridgehead atoms. The van der Waals surface area contributed by atoms with Gasteiger partial charge in [-0.15, -0.1) is 0 Å². The maximum absolute atomic E-state index is 12.5. The lowest BCUT2D eigenvalue weighted by atomic mass is 9.99. The number of aromatic nitrogens is 2. The molecular weight excluding hydrogens is 565 g/mol. The van der Waals surface area contributed by atoms with Gasteiger partial charge in [-0.25, -0.2) is 4.98 Å². The number of carbonyl (C=O) groups is 1. The molecular formula is C35H44N6O2Si. The molecule has 1 aliphatic heterocycles. The summed E-state index contributed by atoms with van der Waals surface area (Å²) in [6.07, 6.45) is 5.06. The summed E-state index contributed by atoms with van der Waals surface area (Å²) in [7, 11) is 4.47. The molecule has 0 radical (unpaired) electrons. The Morgan fingerprint density at radius 1 is 1.00 bits per heavy atom. The number of benzene rings is 2. The Hall–Kier alpha value is -3.97. The van der Waals surface area contributed by atoms with Gasteiger partial charge in [-0.1, -0.05) is 37.8 Å². The highest BCUT2D eigenvalue weighted by molar-refractivity contribution is 6.76. The second-order valence-electron chi connectivity index (χ2n) is 13.2. The zero-order valence-electron chi connectivity index (χ0n) is 26.9. The first kappa shape index (κ1) is 31.5. The van der Waals surface area contributed by atoms with Crippen LogP contribution in [0.15, 0.2) is 60.9 Å². The highest BCUT2D eigenvalue weighted by Gasteiger charge is 2.19. The van der Waals surface area contributed by atoms with Crippen LogP contribution in [-0.4, -0.2) is 87.3 Å². The van der Waals surface area contributed by atoms with E-state index in [0.717, 1.165) is 84.2 Å². The van der Waals surface area contributed by atoms with Gasteiger partial charge in [-0.05, 0) is 67.5 Å². The monoisotopic (exact) mass is 608 g/mol. The molecule has 1 fully saturated rings. The van der Waals surface area contributed by atoms with Crippen LogP contribution in [0.25, 0.3) is 33.3 Å². The smallest absolute Gasteiger partial charge is 0.253 e. The Labute approximate surface area is 262 Å². The van der Waals surface area contributed by atoms with Crippen molar-refractivity contribution in [2.45, 2.75) is 38.8 Å². The van der Waals surface area contributed by atoms with Crippen molar-refractivity contribution in [3.8, 4) is 28.3 Å². The van der Waals surface area contributed by atoms with Crippen LogP contribution in [0.2, 0.25) is 25.7 Å². The summed E-state index contributed by atoms with van der Waals surface area (Å²) in [6.45, 7) is 12.1. The summed E-state index contributed by atoms with van der Waals surface area (Å²) in [5.74, 6) is -0.0253. The highest BCUT2D eigenvalue weighted by atomic mass is 28.3. The third-order valence-corrected chi connectivity index (χ3v) is 10.0. The largest absolute Gasteiger partial charge is 0.369 e. The summed E-state index contributed by atoms with van der Waals surface area (Å²) < 4.78 is 8.19. The molecule has 0 aliphatic carbocycles. The number of fused-ring (bicyclic) bond motifs is 1. The summed E-state index contributed by atoms with van der Waals surface area (Å²) in [4.78, 5) is 23.7. The minimum atomic E-state index is -1.20. The van der Waals surface area contributed by atoms with E-state index in [9.17, 15) is 10.1 Å². The molecule has 0 unspecified atom stereocenters. The average molecular weight is 609 g/mol. The van der Waals surface area contributed by atoms with E-state index < -0.39 is 8.07 Å². The maximum Gasteiger partial charge on any atom is 0.253 e. The lowest BCUT2D eigenvalue weighted by Gasteiger charge is -2.24. The van der Waals surface area contributed by atoms with E-state index in [1.54, 1.807) is 19.0 Å². The van der Waals surface area contributed by atoms with Crippen LogP contribution < -0.4 is 4.90 Å². The maximum atomic E-state index is 12.5. The van der Waals surface area contributed by atoms with Crippen molar-refractivity contribution in [3.05, 3.63) is 72.1 Å². The van der Waals surface area contributed by atoms with Gasteiger partial charge in [0.05, 0.1) is 11.3 Å². The predicted molar refractivity (Wildman–Crippen MR) is 182 cm³/mol. The molecule has 5 rings (SSSR count). The zero-order valence-corrected chi connectivity index (χ0v) is 27.9. The number of ether oxygens (including phenoxy) is 1. The standard InChI is InChI=1S/C35H44N6O2Si/c1-38(2)35(42)27-10-8-26(9-11-27)32-24-41(25-43-18-19-44(4,5)6)34-31(32)21-30(23-37-34)28-12-13-33(29(20-28)22-36)40-15-7-14-39(3)16-17-40/h8-13,20-21,23-24H,7,14-19,25H2,1-6H3. The minimum Gasteiger partial charge on any atom is -0.369 e. The Morgan fingerprint density at radius 3 is 2.45 bits per heavy atom. The van der Waals surface area contributed by atoms with E-state index in [1.807, 2.05) is 36.5 Å². The summed E-state index contributed by atoms with van der Waals surface area (Å²) in [6, 6.07) is 19.6. The van der Waals surface area contributed by atoms with Crippen molar-refractivity contribution in [2.24, 2.45) is 0 Å². The van der Waals surface area contributed by atoms with Gasteiger partial charge >= 0.3 is 0 Å². The van der Waals surface area contributed by atoms with Gasteiger partial charge in [0.25, 0.3) is 5.91 Å². The Kier molecular flexibility index (Phi) is 9.54. The van der Waals surface area contributed by atoms with E-state index in [-0.39, 0.29) is 5.91 Å². The number of hydrogen-bond acceptors (Lipinski definition) is 6. The van der Waals surface area contributed by atoms with E-state index in [2.05, 4.69) is 71.5 Å². The zero-order chi connectivity index (χ0) is 31.4. The minimum absolute atomic E-state index is 0.0253. The third-order valence-electron chi connectivity index (χ3n) is 8.30.